The number of hydrogen-bond acceptors (Lipinski definition) is 8. The van der Waals surface area contributed by atoms with Crippen molar-refractivity contribution >= 4 is 76.7 Å². The van der Waals surface area contributed by atoms with Gasteiger partial charge in [0.25, 0.3) is 0 Å². The number of pyridine rings is 2. The number of hydrogen-bond donors (Lipinski definition) is 1. The summed E-state index contributed by atoms with van der Waals surface area (Å²) in [6.45, 7) is 10.3. The van der Waals surface area contributed by atoms with Gasteiger partial charge in [0.15, 0.2) is 0 Å². The number of aryl methyl sites for hydroxylation is 4. The zero-order chi connectivity index (χ0) is 20.6. The number of nitrogen functional groups attached to an aromatic ring is 1. The topological polar surface area (TPSA) is 61.0 Å². The summed E-state index contributed by atoms with van der Waals surface area (Å²) in [6, 6.07) is 3.87. The monoisotopic (exact) mass is 512 g/mol. The first kappa shape index (κ1) is 31.9. The number of ether oxygens (including phenoxy) is 1. The molecule has 154 valence electrons. The van der Waals surface area contributed by atoms with Gasteiger partial charge in [0.2, 0.25) is 0 Å². The number of thioether (sulfide) groups is 1. The Kier molecular flexibility index (Phi) is 18.0. The van der Waals surface area contributed by atoms with Gasteiger partial charge in [-0.05, 0) is 52.3 Å². The molecule has 2 aromatic rings. The van der Waals surface area contributed by atoms with Gasteiger partial charge in [-0.3, -0.25) is 9.97 Å². The van der Waals surface area contributed by atoms with Crippen LogP contribution in [0, 0.1) is 27.7 Å². The first-order chi connectivity index (χ1) is 12.7. The molecule has 0 bridgehead atoms. The molecule has 1 aliphatic heterocycles. The summed E-state index contributed by atoms with van der Waals surface area (Å²) in [5, 5.41) is 0.588. The van der Waals surface area contributed by atoms with Gasteiger partial charge in [0, 0.05) is 35.0 Å². The van der Waals surface area contributed by atoms with Crippen molar-refractivity contribution in [3.63, 3.8) is 0 Å². The number of fused-ring (bicyclic) bond motifs is 1. The molecule has 0 aliphatic carbocycles. The van der Waals surface area contributed by atoms with Gasteiger partial charge < -0.3 is 36.2 Å². The van der Waals surface area contributed by atoms with E-state index < -0.39 is 0 Å². The van der Waals surface area contributed by atoms with Crippen LogP contribution in [0.1, 0.15) is 35.3 Å². The molecule has 4 nitrogen and oxygen atoms in total. The Morgan fingerprint density at radius 2 is 1.72 bits per heavy atom. The molecule has 2 N–H and O–H groups in total. The van der Waals surface area contributed by atoms with Crippen LogP contribution in [0.3, 0.4) is 0 Å². The molecule has 0 radical (unpaired) electrons. The number of rotatable bonds is 2. The van der Waals surface area contributed by atoms with E-state index in [1.54, 1.807) is 17.8 Å². The normalized spacial score (nSPS) is 10.8. The molecule has 3 rings (SSSR count). The van der Waals surface area contributed by atoms with Crippen molar-refractivity contribution in [1.29, 1.82) is 0 Å². The molecular weight excluding hydrogens is 489 g/mol. The summed E-state index contributed by atoms with van der Waals surface area (Å²) in [7, 11) is 0. The Morgan fingerprint density at radius 1 is 1.17 bits per heavy atom. The molecular formula is C19H24ClKN3OS4-. The van der Waals surface area contributed by atoms with Gasteiger partial charge >= 0.3 is 51.4 Å². The number of thiocarbonyl (C=S) groups is 2. The number of thiol groups is 1. The minimum Gasteiger partial charge on any atom is -0.813 e. The number of aromatic nitrogens is 2. The zero-order valence-corrected chi connectivity index (χ0v) is 24.7. The number of nitrogens with zero attached hydrogens (tertiary/aromatic N) is 2. The molecule has 0 atom stereocenters. The van der Waals surface area contributed by atoms with Crippen LogP contribution in [-0.2, 0) is 24.7 Å². The summed E-state index contributed by atoms with van der Waals surface area (Å²) in [5.74, 6) is 0. The van der Waals surface area contributed by atoms with Crippen LogP contribution < -0.4 is 57.1 Å². The third-order valence-corrected chi connectivity index (χ3v) is 5.27. The molecule has 0 saturated carbocycles. The molecule has 2 aromatic heterocycles. The summed E-state index contributed by atoms with van der Waals surface area (Å²) >= 11 is 16.8. The molecule has 0 aromatic carbocycles. The zero-order valence-electron chi connectivity index (χ0n) is 17.5. The van der Waals surface area contributed by atoms with E-state index in [-0.39, 0.29) is 64.9 Å². The fraction of sp³-hybridized carbons (Fsp3) is 0.368. The van der Waals surface area contributed by atoms with E-state index in [4.69, 9.17) is 29.6 Å². The van der Waals surface area contributed by atoms with Crippen LogP contribution in [0.5, 0.6) is 0 Å². The first-order valence-electron chi connectivity index (χ1n) is 8.25. The van der Waals surface area contributed by atoms with Gasteiger partial charge in [0.1, 0.15) is 0 Å². The number of anilines is 1. The van der Waals surface area contributed by atoms with E-state index >= 15 is 0 Å². The maximum absolute atomic E-state index is 5.75. The standard InChI is InChI=1S/C9H9NS2.C7H9ClN2.C3H5OS.K.H2S/c1-5-3-8-7(6(2)10-5)4-9(11)12-8;1-4-3-6(8)7(9)5(2)10-4;1-2-4-3-5;;/h3H,4H2,1-2H3;3H,9H2,1-2H3;2H2,1H3;;1H2/q;;-1;+1;/p-1. The SMILES string of the molecule is CCO[C-]=S.Cc1cc(Cl)c(N)c(C)n1.Cc1cc2c(c(C)n1)CC(=S)S2.[K+].[SH-]. The van der Waals surface area contributed by atoms with E-state index in [9.17, 15) is 0 Å². The fourth-order valence-corrected chi connectivity index (χ4v) is 4.14. The second-order valence-corrected chi connectivity index (χ2v) is 8.20. The quantitative estimate of drug-likeness (QED) is 0.216. The van der Waals surface area contributed by atoms with Gasteiger partial charge in [-0.25, -0.2) is 5.55 Å². The molecule has 29 heavy (non-hydrogen) atoms. The number of nitrogens with two attached hydrogens (primary N) is 1. The van der Waals surface area contributed by atoms with E-state index in [1.165, 1.54) is 10.5 Å². The van der Waals surface area contributed by atoms with E-state index in [2.05, 4.69) is 45.5 Å². The van der Waals surface area contributed by atoms with Crippen LogP contribution in [0.4, 0.5) is 5.69 Å². The summed E-state index contributed by atoms with van der Waals surface area (Å²) in [5.41, 5.74) is 13.5. The smallest absolute Gasteiger partial charge is 0.813 e. The molecule has 10 heteroatoms. The largest absolute Gasteiger partial charge is 1.00 e. The van der Waals surface area contributed by atoms with Crippen molar-refractivity contribution in [2.24, 2.45) is 0 Å². The van der Waals surface area contributed by atoms with Crippen LogP contribution >= 0.6 is 47.8 Å². The molecule has 0 spiro atoms. The summed E-state index contributed by atoms with van der Waals surface area (Å²) in [4.78, 5) is 9.84. The molecule has 0 saturated heterocycles. The van der Waals surface area contributed by atoms with Gasteiger partial charge in [-0.1, -0.05) is 35.6 Å². The van der Waals surface area contributed by atoms with Crippen LogP contribution in [0.25, 0.3) is 0 Å². The third-order valence-electron chi connectivity index (χ3n) is 3.49. The fourth-order valence-electron chi connectivity index (χ4n) is 2.28. The van der Waals surface area contributed by atoms with E-state index in [0.717, 1.165) is 33.4 Å². The molecule has 0 unspecified atom stereocenters. The Bertz CT molecular complexity index is 814. The Hall–Kier alpha value is 0.706. The van der Waals surface area contributed by atoms with Crippen LogP contribution in [-0.4, -0.2) is 26.3 Å². The van der Waals surface area contributed by atoms with Crippen molar-refractivity contribution in [2.45, 2.75) is 45.9 Å². The van der Waals surface area contributed by atoms with Crippen molar-refractivity contribution in [2.75, 3.05) is 12.3 Å². The second-order valence-electron chi connectivity index (χ2n) is 5.74. The Labute approximate surface area is 243 Å². The van der Waals surface area contributed by atoms with Crippen molar-refractivity contribution < 1.29 is 56.1 Å². The maximum Gasteiger partial charge on any atom is 1.00 e. The van der Waals surface area contributed by atoms with Crippen LogP contribution in [0.2, 0.25) is 5.02 Å². The van der Waals surface area contributed by atoms with E-state index in [0.29, 0.717) is 17.3 Å². The average Bonchev–Trinajstić information content (AvgIpc) is 2.95. The predicted molar refractivity (Wildman–Crippen MR) is 132 cm³/mol. The Balaban J connectivity index is 0. The molecule has 3 heterocycles. The third kappa shape index (κ3) is 11.2. The molecule has 0 fully saturated rings. The maximum atomic E-state index is 5.75. The minimum atomic E-state index is 0. The van der Waals surface area contributed by atoms with Gasteiger partial charge in [0.05, 0.1) is 20.6 Å². The molecule has 1 aliphatic rings. The Morgan fingerprint density at radius 3 is 2.21 bits per heavy atom. The van der Waals surface area contributed by atoms with Gasteiger partial charge in [-0.2, -0.15) is 0 Å². The first-order valence-corrected chi connectivity index (χ1v) is 10.3. The van der Waals surface area contributed by atoms with Crippen molar-refractivity contribution in [3.8, 4) is 0 Å². The summed E-state index contributed by atoms with van der Waals surface area (Å²) < 4.78 is 5.47. The van der Waals surface area contributed by atoms with E-state index in [1.807, 2.05) is 27.7 Å². The summed E-state index contributed by atoms with van der Waals surface area (Å²) in [6.07, 6.45) is 0.925. The predicted octanol–water partition coefficient (Wildman–Crippen LogP) is 2.20. The second kappa shape index (κ2) is 16.4. The van der Waals surface area contributed by atoms with Crippen molar-refractivity contribution in [3.05, 3.63) is 45.5 Å². The van der Waals surface area contributed by atoms with Gasteiger partial charge in [-0.15, -0.1) is 0 Å². The minimum absolute atomic E-state index is 0. The average molecular weight is 513 g/mol. The number of halogens is 1. The van der Waals surface area contributed by atoms with Crippen molar-refractivity contribution in [1.82, 2.24) is 9.97 Å². The molecule has 0 amide bonds. The van der Waals surface area contributed by atoms with Crippen LogP contribution in [0.15, 0.2) is 17.0 Å².